The minimum Gasteiger partial charge on any atom is -0.454 e. The van der Waals surface area contributed by atoms with Crippen molar-refractivity contribution in [3.8, 4) is 0 Å². The molecule has 0 atom stereocenters. The van der Waals surface area contributed by atoms with Crippen LogP contribution in [0.1, 0.15) is 31.7 Å². The molecular weight excluding hydrogens is 328 g/mol. The maximum absolute atomic E-state index is 11.6. The standard InChI is InChI=1S/C17H22N2O4S/c1-3-12(4-2)18-15(20)9-23-17(21)11-22-10-16-19-13-7-5-6-8-14(13)24-16/h5-8,12H,3-4,9-11H2,1-2H3,(H,18,20). The van der Waals surface area contributed by atoms with Crippen LogP contribution in [-0.2, 0) is 25.7 Å². The van der Waals surface area contributed by atoms with Gasteiger partial charge < -0.3 is 14.8 Å². The molecule has 0 saturated heterocycles. The first kappa shape index (κ1) is 18.4. The molecule has 0 radical (unpaired) electrons. The summed E-state index contributed by atoms with van der Waals surface area (Å²) < 4.78 is 11.3. The van der Waals surface area contributed by atoms with Gasteiger partial charge >= 0.3 is 5.97 Å². The number of aromatic nitrogens is 1. The molecule has 0 aliphatic carbocycles. The zero-order valence-corrected chi connectivity index (χ0v) is 14.7. The second-order valence-electron chi connectivity index (χ2n) is 5.31. The van der Waals surface area contributed by atoms with E-state index in [9.17, 15) is 9.59 Å². The summed E-state index contributed by atoms with van der Waals surface area (Å²) >= 11 is 1.53. The monoisotopic (exact) mass is 350 g/mol. The number of esters is 1. The Hall–Kier alpha value is -1.99. The van der Waals surface area contributed by atoms with Crippen molar-refractivity contribution in [2.75, 3.05) is 13.2 Å². The van der Waals surface area contributed by atoms with E-state index in [1.807, 2.05) is 38.1 Å². The number of nitrogens with one attached hydrogen (secondary N) is 1. The summed E-state index contributed by atoms with van der Waals surface area (Å²) in [6.07, 6.45) is 1.70. The average Bonchev–Trinajstić information content (AvgIpc) is 3.00. The maximum Gasteiger partial charge on any atom is 0.332 e. The van der Waals surface area contributed by atoms with E-state index in [-0.39, 0.29) is 31.8 Å². The van der Waals surface area contributed by atoms with Crippen molar-refractivity contribution in [3.05, 3.63) is 29.3 Å². The molecule has 2 rings (SSSR count). The van der Waals surface area contributed by atoms with Crippen molar-refractivity contribution in [1.29, 1.82) is 0 Å². The van der Waals surface area contributed by atoms with Gasteiger partial charge in [0, 0.05) is 6.04 Å². The van der Waals surface area contributed by atoms with Crippen LogP contribution in [0.4, 0.5) is 0 Å². The zero-order valence-electron chi connectivity index (χ0n) is 13.9. The molecule has 1 aromatic heterocycles. The van der Waals surface area contributed by atoms with Gasteiger partial charge in [0.05, 0.1) is 16.8 Å². The van der Waals surface area contributed by atoms with E-state index in [1.54, 1.807) is 0 Å². The Morgan fingerprint density at radius 1 is 1.21 bits per heavy atom. The first-order chi connectivity index (χ1) is 11.6. The van der Waals surface area contributed by atoms with E-state index in [0.29, 0.717) is 0 Å². The largest absolute Gasteiger partial charge is 0.454 e. The van der Waals surface area contributed by atoms with Gasteiger partial charge in [-0.3, -0.25) is 4.79 Å². The van der Waals surface area contributed by atoms with E-state index in [2.05, 4.69) is 10.3 Å². The van der Waals surface area contributed by atoms with Gasteiger partial charge in [-0.2, -0.15) is 0 Å². The van der Waals surface area contributed by atoms with Crippen LogP contribution >= 0.6 is 11.3 Å². The molecule has 2 aromatic rings. The third kappa shape index (κ3) is 5.58. The number of hydrogen-bond acceptors (Lipinski definition) is 6. The predicted molar refractivity (Wildman–Crippen MR) is 92.7 cm³/mol. The fourth-order valence-corrected chi connectivity index (χ4v) is 3.06. The van der Waals surface area contributed by atoms with E-state index in [4.69, 9.17) is 9.47 Å². The Bertz CT molecular complexity index is 649. The average molecular weight is 350 g/mol. The fourth-order valence-electron chi connectivity index (χ4n) is 2.15. The summed E-state index contributed by atoms with van der Waals surface area (Å²) in [6, 6.07) is 7.92. The van der Waals surface area contributed by atoms with Gasteiger partial charge in [0.1, 0.15) is 11.6 Å². The van der Waals surface area contributed by atoms with Gasteiger partial charge in [-0.05, 0) is 25.0 Å². The van der Waals surface area contributed by atoms with Gasteiger partial charge in [0.2, 0.25) is 0 Å². The van der Waals surface area contributed by atoms with Crippen molar-refractivity contribution in [2.24, 2.45) is 0 Å². The molecule has 6 nitrogen and oxygen atoms in total. The number of rotatable bonds is 9. The van der Waals surface area contributed by atoms with Crippen LogP contribution in [-0.4, -0.2) is 36.1 Å². The maximum atomic E-state index is 11.6. The summed E-state index contributed by atoms with van der Waals surface area (Å²) in [4.78, 5) is 27.6. The van der Waals surface area contributed by atoms with Crippen molar-refractivity contribution >= 4 is 33.4 Å². The van der Waals surface area contributed by atoms with Gasteiger partial charge in [0.25, 0.3) is 5.91 Å². The molecule has 1 heterocycles. The number of amides is 1. The molecule has 0 bridgehead atoms. The number of carbonyl (C=O) groups is 2. The minimum atomic E-state index is -0.559. The molecule has 130 valence electrons. The normalized spacial score (nSPS) is 11.0. The van der Waals surface area contributed by atoms with E-state index >= 15 is 0 Å². The lowest BCUT2D eigenvalue weighted by molar-refractivity contribution is -0.153. The molecule has 0 aliphatic heterocycles. The highest BCUT2D eigenvalue weighted by Gasteiger charge is 2.11. The second-order valence-corrected chi connectivity index (χ2v) is 6.42. The lowest BCUT2D eigenvalue weighted by atomic mass is 10.2. The highest BCUT2D eigenvalue weighted by Crippen LogP contribution is 2.21. The number of nitrogens with zero attached hydrogens (tertiary/aromatic N) is 1. The molecule has 1 N–H and O–H groups in total. The molecular formula is C17H22N2O4S. The number of thiazole rings is 1. The highest BCUT2D eigenvalue weighted by atomic mass is 32.1. The van der Waals surface area contributed by atoms with Gasteiger partial charge in [-0.15, -0.1) is 11.3 Å². The topological polar surface area (TPSA) is 77.5 Å². The molecule has 7 heteroatoms. The molecule has 24 heavy (non-hydrogen) atoms. The second kappa shape index (κ2) is 9.34. The number of para-hydroxylation sites is 1. The Balaban J connectivity index is 1.67. The molecule has 1 aromatic carbocycles. The molecule has 1 amide bonds. The predicted octanol–water partition coefficient (Wildman–Crippen LogP) is 2.66. The van der Waals surface area contributed by atoms with Crippen molar-refractivity contribution < 1.29 is 19.1 Å². The number of benzene rings is 1. The number of ether oxygens (including phenoxy) is 2. The SMILES string of the molecule is CCC(CC)NC(=O)COC(=O)COCc1nc2ccccc2s1. The van der Waals surface area contributed by atoms with Crippen molar-refractivity contribution in [2.45, 2.75) is 39.3 Å². The molecule has 0 saturated carbocycles. The van der Waals surface area contributed by atoms with E-state index in [1.165, 1.54) is 11.3 Å². The third-order valence-corrected chi connectivity index (χ3v) is 4.51. The number of fused-ring (bicyclic) bond motifs is 1. The third-order valence-electron chi connectivity index (χ3n) is 3.50. The van der Waals surface area contributed by atoms with E-state index < -0.39 is 5.97 Å². The molecule has 0 unspecified atom stereocenters. The smallest absolute Gasteiger partial charge is 0.332 e. The van der Waals surface area contributed by atoms with Crippen molar-refractivity contribution in [3.63, 3.8) is 0 Å². The van der Waals surface area contributed by atoms with Crippen LogP contribution < -0.4 is 5.32 Å². The summed E-state index contributed by atoms with van der Waals surface area (Å²) in [7, 11) is 0. The minimum absolute atomic E-state index is 0.117. The van der Waals surface area contributed by atoms with Gasteiger partial charge in [0.15, 0.2) is 6.61 Å². The lowest BCUT2D eigenvalue weighted by Gasteiger charge is -2.14. The highest BCUT2D eigenvalue weighted by molar-refractivity contribution is 7.18. The first-order valence-electron chi connectivity index (χ1n) is 7.99. The Morgan fingerprint density at radius 3 is 2.67 bits per heavy atom. The zero-order chi connectivity index (χ0) is 17.4. The van der Waals surface area contributed by atoms with Crippen LogP contribution in [0.2, 0.25) is 0 Å². The number of carbonyl (C=O) groups excluding carboxylic acids is 2. The van der Waals surface area contributed by atoms with E-state index in [0.717, 1.165) is 28.1 Å². The number of hydrogen-bond donors (Lipinski definition) is 1. The van der Waals surface area contributed by atoms with Crippen LogP contribution in [0.25, 0.3) is 10.2 Å². The molecule has 0 aliphatic rings. The summed E-state index contributed by atoms with van der Waals surface area (Å²) in [5.74, 6) is -0.848. The Kier molecular flexibility index (Phi) is 7.14. The fraction of sp³-hybridized carbons (Fsp3) is 0.471. The molecule has 0 fully saturated rings. The summed E-state index contributed by atoms with van der Waals surface area (Å²) in [5, 5.41) is 3.60. The van der Waals surface area contributed by atoms with Crippen LogP contribution in [0.15, 0.2) is 24.3 Å². The van der Waals surface area contributed by atoms with Crippen molar-refractivity contribution in [1.82, 2.24) is 10.3 Å². The van der Waals surface area contributed by atoms with Crippen LogP contribution in [0, 0.1) is 0 Å². The quantitative estimate of drug-likeness (QED) is 0.704. The summed E-state index contributed by atoms with van der Waals surface area (Å²) in [6.45, 7) is 3.76. The van der Waals surface area contributed by atoms with Crippen LogP contribution in [0.5, 0.6) is 0 Å². The van der Waals surface area contributed by atoms with Crippen LogP contribution in [0.3, 0.4) is 0 Å². The van der Waals surface area contributed by atoms with Gasteiger partial charge in [-0.25, -0.2) is 9.78 Å². The lowest BCUT2D eigenvalue weighted by Crippen LogP contribution is -2.37. The van der Waals surface area contributed by atoms with Gasteiger partial charge in [-0.1, -0.05) is 26.0 Å². The Morgan fingerprint density at radius 2 is 1.96 bits per heavy atom. The summed E-state index contributed by atoms with van der Waals surface area (Å²) in [5.41, 5.74) is 0.918. The first-order valence-corrected chi connectivity index (χ1v) is 8.81. The Labute approximate surface area is 145 Å². The molecule has 0 spiro atoms.